The number of hydrogen-bond donors (Lipinski definition) is 1. The topological polar surface area (TPSA) is 57.6 Å². The Morgan fingerprint density at radius 3 is 2.73 bits per heavy atom. The van der Waals surface area contributed by atoms with E-state index in [1.165, 1.54) is 6.42 Å². The van der Waals surface area contributed by atoms with Crippen LogP contribution in [0.1, 0.15) is 32.1 Å². The van der Waals surface area contributed by atoms with E-state index in [4.69, 9.17) is 0 Å². The van der Waals surface area contributed by atoms with Crippen molar-refractivity contribution >= 4 is 9.84 Å². The van der Waals surface area contributed by atoms with E-state index >= 15 is 0 Å². The molecule has 2 unspecified atom stereocenters. The molecule has 1 saturated heterocycles. The zero-order valence-corrected chi connectivity index (χ0v) is 13.8. The molecule has 2 aliphatic rings. The minimum atomic E-state index is -3.21. The molecule has 1 aliphatic carbocycles. The summed E-state index contributed by atoms with van der Waals surface area (Å²) in [7, 11) is -3.21. The minimum Gasteiger partial charge on any atom is -0.390 e. The number of aliphatic hydroxyl groups is 1. The van der Waals surface area contributed by atoms with Crippen LogP contribution in [0.4, 0.5) is 0 Å². The van der Waals surface area contributed by atoms with Gasteiger partial charge in [-0.25, -0.2) is 8.42 Å². The van der Waals surface area contributed by atoms with Crippen molar-refractivity contribution in [3.8, 4) is 0 Å². The average Bonchev–Trinajstić information content (AvgIpc) is 2.53. The van der Waals surface area contributed by atoms with E-state index in [0.717, 1.165) is 38.8 Å². The van der Waals surface area contributed by atoms with Gasteiger partial charge < -0.3 is 10.0 Å². The predicted octanol–water partition coefficient (Wildman–Crippen LogP) is 2.09. The number of hydrogen-bond acceptors (Lipinski definition) is 4. The highest BCUT2D eigenvalue weighted by atomic mass is 32.2. The number of piperidine rings is 1. The van der Waals surface area contributed by atoms with Crippen molar-refractivity contribution in [2.45, 2.75) is 42.6 Å². The first kappa shape index (κ1) is 16.0. The first-order valence-corrected chi connectivity index (χ1v) is 9.87. The maximum Gasteiger partial charge on any atom is 0.179 e. The average molecular weight is 323 g/mol. The van der Waals surface area contributed by atoms with E-state index in [2.05, 4.69) is 4.90 Å². The van der Waals surface area contributed by atoms with Gasteiger partial charge in [-0.15, -0.1) is 0 Å². The summed E-state index contributed by atoms with van der Waals surface area (Å²) in [5, 5.41) is 10.7. The van der Waals surface area contributed by atoms with Gasteiger partial charge in [-0.1, -0.05) is 31.0 Å². The summed E-state index contributed by atoms with van der Waals surface area (Å²) in [5.41, 5.74) is -0.493. The van der Waals surface area contributed by atoms with Crippen molar-refractivity contribution in [2.24, 2.45) is 5.92 Å². The summed E-state index contributed by atoms with van der Waals surface area (Å²) in [6.07, 6.45) is 5.06. The molecule has 3 rings (SSSR count). The number of benzene rings is 1. The summed E-state index contributed by atoms with van der Waals surface area (Å²) in [6.45, 7) is 2.20. The molecule has 1 aliphatic heterocycles. The zero-order chi connectivity index (χ0) is 15.6. The van der Waals surface area contributed by atoms with Crippen LogP contribution in [0.25, 0.3) is 0 Å². The second kappa shape index (κ2) is 6.30. The molecule has 2 fully saturated rings. The van der Waals surface area contributed by atoms with Gasteiger partial charge in [0.2, 0.25) is 0 Å². The monoisotopic (exact) mass is 323 g/mol. The Balaban J connectivity index is 1.59. The zero-order valence-electron chi connectivity index (χ0n) is 12.9. The van der Waals surface area contributed by atoms with E-state index in [1.807, 2.05) is 6.07 Å². The summed E-state index contributed by atoms with van der Waals surface area (Å²) in [5.74, 6) is 0.469. The van der Waals surface area contributed by atoms with Gasteiger partial charge in [-0.3, -0.25) is 0 Å². The molecule has 4 nitrogen and oxygen atoms in total. The summed E-state index contributed by atoms with van der Waals surface area (Å²) in [6, 6.07) is 8.66. The largest absolute Gasteiger partial charge is 0.390 e. The lowest BCUT2D eigenvalue weighted by Gasteiger charge is -2.47. The Labute approximate surface area is 133 Å². The molecule has 0 bridgehead atoms. The second-order valence-corrected chi connectivity index (χ2v) is 8.84. The van der Waals surface area contributed by atoms with Crippen LogP contribution in [-0.4, -0.2) is 49.4 Å². The van der Waals surface area contributed by atoms with Crippen LogP contribution in [0.15, 0.2) is 35.2 Å². The van der Waals surface area contributed by atoms with Crippen molar-refractivity contribution < 1.29 is 13.5 Å². The van der Waals surface area contributed by atoms with Crippen LogP contribution >= 0.6 is 0 Å². The maximum absolute atomic E-state index is 12.3. The first-order chi connectivity index (χ1) is 10.5. The van der Waals surface area contributed by atoms with E-state index in [1.54, 1.807) is 24.3 Å². The summed E-state index contributed by atoms with van der Waals surface area (Å²) >= 11 is 0. The molecule has 1 N–H and O–H groups in total. The molecule has 122 valence electrons. The fourth-order valence-corrected chi connectivity index (χ4v) is 5.14. The van der Waals surface area contributed by atoms with Crippen molar-refractivity contribution in [1.29, 1.82) is 0 Å². The van der Waals surface area contributed by atoms with Crippen molar-refractivity contribution in [1.82, 2.24) is 4.90 Å². The Morgan fingerprint density at radius 1 is 1.18 bits per heavy atom. The number of fused-ring (bicyclic) bond motifs is 1. The molecule has 1 saturated carbocycles. The third kappa shape index (κ3) is 3.36. The van der Waals surface area contributed by atoms with E-state index in [-0.39, 0.29) is 5.75 Å². The van der Waals surface area contributed by atoms with Crippen molar-refractivity contribution in [2.75, 3.05) is 25.4 Å². The SMILES string of the molecule is O=S(=O)(CCN1CCC2(O)CCCCC2C1)c1ccccc1. The van der Waals surface area contributed by atoms with Crippen LogP contribution < -0.4 is 0 Å². The molecule has 0 spiro atoms. The predicted molar refractivity (Wildman–Crippen MR) is 86.5 cm³/mol. The highest BCUT2D eigenvalue weighted by Crippen LogP contribution is 2.39. The summed E-state index contributed by atoms with van der Waals surface area (Å²) in [4.78, 5) is 2.62. The molecule has 1 aromatic rings. The Kier molecular flexibility index (Phi) is 4.57. The fourth-order valence-electron chi connectivity index (χ4n) is 3.84. The van der Waals surface area contributed by atoms with Crippen molar-refractivity contribution in [3.63, 3.8) is 0 Å². The van der Waals surface area contributed by atoms with Gasteiger partial charge in [0.15, 0.2) is 9.84 Å². The van der Waals surface area contributed by atoms with Crippen LogP contribution in [0.5, 0.6) is 0 Å². The highest BCUT2D eigenvalue weighted by Gasteiger charge is 2.42. The molecule has 0 radical (unpaired) electrons. The first-order valence-electron chi connectivity index (χ1n) is 8.22. The molecule has 0 aromatic heterocycles. The Bertz CT molecular complexity index is 602. The van der Waals surface area contributed by atoms with Crippen LogP contribution in [0.2, 0.25) is 0 Å². The van der Waals surface area contributed by atoms with Gasteiger partial charge in [0.1, 0.15) is 0 Å². The Hall–Kier alpha value is -0.910. The van der Waals surface area contributed by atoms with Crippen LogP contribution in [-0.2, 0) is 9.84 Å². The molecule has 22 heavy (non-hydrogen) atoms. The van der Waals surface area contributed by atoms with Crippen LogP contribution in [0.3, 0.4) is 0 Å². The normalized spacial score (nSPS) is 30.0. The van der Waals surface area contributed by atoms with Gasteiger partial charge in [-0.2, -0.15) is 0 Å². The van der Waals surface area contributed by atoms with Gasteiger partial charge in [0.25, 0.3) is 0 Å². The lowest BCUT2D eigenvalue weighted by atomic mass is 9.71. The highest BCUT2D eigenvalue weighted by molar-refractivity contribution is 7.91. The molecule has 2 atom stereocenters. The third-order valence-corrected chi connectivity index (χ3v) is 7.00. The lowest BCUT2D eigenvalue weighted by molar-refractivity contribution is -0.0942. The maximum atomic E-state index is 12.3. The summed E-state index contributed by atoms with van der Waals surface area (Å²) < 4.78 is 24.7. The van der Waals surface area contributed by atoms with Gasteiger partial charge in [0.05, 0.1) is 16.2 Å². The molecule has 0 amide bonds. The van der Waals surface area contributed by atoms with E-state index in [9.17, 15) is 13.5 Å². The molecular formula is C17H25NO3S. The molecular weight excluding hydrogens is 298 g/mol. The smallest absolute Gasteiger partial charge is 0.179 e. The molecule has 5 heteroatoms. The van der Waals surface area contributed by atoms with Crippen molar-refractivity contribution in [3.05, 3.63) is 30.3 Å². The number of rotatable bonds is 4. The van der Waals surface area contributed by atoms with Gasteiger partial charge in [0, 0.05) is 25.6 Å². The molecule has 1 aromatic carbocycles. The van der Waals surface area contributed by atoms with Crippen LogP contribution in [0, 0.1) is 5.92 Å². The van der Waals surface area contributed by atoms with Gasteiger partial charge >= 0.3 is 0 Å². The van der Waals surface area contributed by atoms with Gasteiger partial charge in [-0.05, 0) is 31.4 Å². The number of likely N-dealkylation sites (tertiary alicyclic amines) is 1. The van der Waals surface area contributed by atoms with E-state index in [0.29, 0.717) is 17.4 Å². The number of sulfone groups is 1. The number of nitrogens with zero attached hydrogens (tertiary/aromatic N) is 1. The standard InChI is InChI=1S/C17H25NO3S/c19-17-9-5-4-6-15(17)14-18(11-10-17)12-13-22(20,21)16-7-2-1-3-8-16/h1-3,7-8,15,19H,4-6,9-14H2. The molecule has 1 heterocycles. The Morgan fingerprint density at radius 2 is 1.95 bits per heavy atom. The third-order valence-electron chi connectivity index (χ3n) is 5.29. The minimum absolute atomic E-state index is 0.155. The fraction of sp³-hybridized carbons (Fsp3) is 0.647. The van der Waals surface area contributed by atoms with E-state index < -0.39 is 15.4 Å². The lowest BCUT2D eigenvalue weighted by Crippen LogP contribution is -2.53. The second-order valence-electron chi connectivity index (χ2n) is 6.73. The quantitative estimate of drug-likeness (QED) is 0.922.